The van der Waals surface area contributed by atoms with Crippen LogP contribution in [-0.2, 0) is 11.3 Å². The molecule has 0 bridgehead atoms. The van der Waals surface area contributed by atoms with Gasteiger partial charge >= 0.3 is 0 Å². The molecule has 1 amide bonds. The smallest absolute Gasteiger partial charge is 0.238 e. The number of piperazine rings is 1. The molecule has 2 atom stereocenters. The number of amides is 1. The summed E-state index contributed by atoms with van der Waals surface area (Å²) < 4.78 is 0. The summed E-state index contributed by atoms with van der Waals surface area (Å²) in [6.45, 7) is 5.49. The van der Waals surface area contributed by atoms with Gasteiger partial charge < -0.3 is 5.32 Å². The molecule has 1 aliphatic heterocycles. The Bertz CT molecular complexity index is 489. The number of hydrogen-bond acceptors (Lipinski definition) is 3. The van der Waals surface area contributed by atoms with E-state index in [4.69, 9.17) is 5.26 Å². The van der Waals surface area contributed by atoms with Crippen LogP contribution in [0.5, 0.6) is 0 Å². The maximum absolute atomic E-state index is 11.9. The van der Waals surface area contributed by atoms with Crippen molar-refractivity contribution >= 4 is 5.91 Å². The third-order valence-electron chi connectivity index (χ3n) is 3.61. The SMILES string of the molecule is Cc1ccc(CN2C(C)CNC(=O)C2CC#N)cc1. The number of benzene rings is 1. The monoisotopic (exact) mass is 257 g/mol. The third kappa shape index (κ3) is 3.12. The van der Waals surface area contributed by atoms with Crippen LogP contribution < -0.4 is 5.32 Å². The molecular formula is C15H19N3O. The van der Waals surface area contributed by atoms with E-state index in [0.29, 0.717) is 13.1 Å². The van der Waals surface area contributed by atoms with Crippen LogP contribution in [0.25, 0.3) is 0 Å². The van der Waals surface area contributed by atoms with E-state index in [2.05, 4.69) is 54.4 Å². The first-order chi connectivity index (χ1) is 9.11. The van der Waals surface area contributed by atoms with Gasteiger partial charge in [-0.25, -0.2) is 0 Å². The highest BCUT2D eigenvalue weighted by Crippen LogP contribution is 2.18. The molecule has 1 heterocycles. The van der Waals surface area contributed by atoms with E-state index in [1.165, 1.54) is 11.1 Å². The van der Waals surface area contributed by atoms with Gasteiger partial charge in [-0.15, -0.1) is 0 Å². The molecule has 1 N–H and O–H groups in total. The Kier molecular flexibility index (Phi) is 4.18. The second-order valence-corrected chi connectivity index (χ2v) is 5.13. The fourth-order valence-corrected chi connectivity index (χ4v) is 2.41. The molecule has 1 aromatic carbocycles. The summed E-state index contributed by atoms with van der Waals surface area (Å²) in [5.41, 5.74) is 2.40. The fraction of sp³-hybridized carbons (Fsp3) is 0.467. The normalized spacial score (nSPS) is 23.7. The van der Waals surface area contributed by atoms with Crippen LogP contribution in [0.3, 0.4) is 0 Å². The summed E-state index contributed by atoms with van der Waals surface area (Å²) in [6.07, 6.45) is 0.238. The molecule has 4 heteroatoms. The Morgan fingerprint density at radius 1 is 1.42 bits per heavy atom. The lowest BCUT2D eigenvalue weighted by Crippen LogP contribution is -2.58. The summed E-state index contributed by atoms with van der Waals surface area (Å²) in [5, 5.41) is 11.7. The van der Waals surface area contributed by atoms with E-state index in [0.717, 1.165) is 0 Å². The Hall–Kier alpha value is -1.86. The highest BCUT2D eigenvalue weighted by atomic mass is 16.2. The van der Waals surface area contributed by atoms with Gasteiger partial charge in [-0.1, -0.05) is 29.8 Å². The van der Waals surface area contributed by atoms with E-state index < -0.39 is 0 Å². The number of aryl methyl sites for hydroxylation is 1. The van der Waals surface area contributed by atoms with Gasteiger partial charge in [0.1, 0.15) is 6.04 Å². The van der Waals surface area contributed by atoms with Crippen molar-refractivity contribution < 1.29 is 4.79 Å². The minimum Gasteiger partial charge on any atom is -0.353 e. The Morgan fingerprint density at radius 2 is 2.11 bits per heavy atom. The van der Waals surface area contributed by atoms with Crippen molar-refractivity contribution in [2.24, 2.45) is 0 Å². The zero-order chi connectivity index (χ0) is 13.8. The van der Waals surface area contributed by atoms with Crippen molar-refractivity contribution in [3.05, 3.63) is 35.4 Å². The van der Waals surface area contributed by atoms with Crippen LogP contribution in [0.1, 0.15) is 24.5 Å². The van der Waals surface area contributed by atoms with E-state index in [-0.39, 0.29) is 24.4 Å². The zero-order valence-corrected chi connectivity index (χ0v) is 11.4. The lowest BCUT2D eigenvalue weighted by molar-refractivity contribution is -0.131. The second-order valence-electron chi connectivity index (χ2n) is 5.13. The fourth-order valence-electron chi connectivity index (χ4n) is 2.41. The topological polar surface area (TPSA) is 56.1 Å². The summed E-state index contributed by atoms with van der Waals surface area (Å²) in [4.78, 5) is 14.0. The Labute approximate surface area is 114 Å². The number of carbonyl (C=O) groups excluding carboxylic acids is 1. The van der Waals surface area contributed by atoms with Crippen LogP contribution in [0.2, 0.25) is 0 Å². The number of nitrogens with one attached hydrogen (secondary N) is 1. The first kappa shape index (κ1) is 13.6. The summed E-state index contributed by atoms with van der Waals surface area (Å²) in [6, 6.07) is 10.3. The summed E-state index contributed by atoms with van der Waals surface area (Å²) >= 11 is 0. The highest BCUT2D eigenvalue weighted by molar-refractivity contribution is 5.82. The van der Waals surface area contributed by atoms with Crippen molar-refractivity contribution in [2.45, 2.75) is 38.9 Å². The average Bonchev–Trinajstić information content (AvgIpc) is 2.40. The standard InChI is InChI=1S/C15H19N3O/c1-11-3-5-13(6-4-11)10-18-12(2)9-17-15(19)14(18)7-8-16/h3-6,12,14H,7,9-10H2,1-2H3,(H,17,19). The molecule has 100 valence electrons. The molecule has 0 aromatic heterocycles. The van der Waals surface area contributed by atoms with E-state index in [9.17, 15) is 4.79 Å². The minimum absolute atomic E-state index is 0.0354. The summed E-state index contributed by atoms with van der Waals surface area (Å²) in [5.74, 6) is -0.0354. The number of carbonyl (C=O) groups is 1. The van der Waals surface area contributed by atoms with Crippen LogP contribution in [0.4, 0.5) is 0 Å². The van der Waals surface area contributed by atoms with Gasteiger partial charge in [0.2, 0.25) is 5.91 Å². The lowest BCUT2D eigenvalue weighted by Gasteiger charge is -2.39. The molecule has 1 aromatic rings. The van der Waals surface area contributed by atoms with Gasteiger partial charge in [0.15, 0.2) is 0 Å². The molecule has 2 unspecified atom stereocenters. The maximum atomic E-state index is 11.9. The molecule has 0 saturated carbocycles. The van der Waals surface area contributed by atoms with Crippen LogP contribution >= 0.6 is 0 Å². The second kappa shape index (κ2) is 5.85. The molecule has 4 nitrogen and oxygen atoms in total. The van der Waals surface area contributed by atoms with E-state index in [1.807, 2.05) is 0 Å². The molecule has 2 rings (SSSR count). The largest absolute Gasteiger partial charge is 0.353 e. The van der Waals surface area contributed by atoms with Crippen LogP contribution in [0, 0.1) is 18.3 Å². The predicted molar refractivity (Wildman–Crippen MR) is 73.2 cm³/mol. The molecule has 19 heavy (non-hydrogen) atoms. The number of nitrogens with zero attached hydrogens (tertiary/aromatic N) is 2. The van der Waals surface area contributed by atoms with Crippen molar-refractivity contribution in [3.63, 3.8) is 0 Å². The van der Waals surface area contributed by atoms with Crippen molar-refractivity contribution in [3.8, 4) is 6.07 Å². The first-order valence-corrected chi connectivity index (χ1v) is 6.57. The predicted octanol–water partition coefficient (Wildman–Crippen LogP) is 1.60. The molecular weight excluding hydrogens is 238 g/mol. The van der Waals surface area contributed by atoms with Gasteiger partial charge in [0.25, 0.3) is 0 Å². The number of nitriles is 1. The van der Waals surface area contributed by atoms with Gasteiger partial charge in [-0.3, -0.25) is 9.69 Å². The van der Waals surface area contributed by atoms with Crippen molar-refractivity contribution in [1.82, 2.24) is 10.2 Å². The minimum atomic E-state index is -0.338. The highest BCUT2D eigenvalue weighted by Gasteiger charge is 2.33. The molecule has 1 saturated heterocycles. The van der Waals surface area contributed by atoms with Crippen LogP contribution in [-0.4, -0.2) is 29.4 Å². The molecule has 0 aliphatic carbocycles. The first-order valence-electron chi connectivity index (χ1n) is 6.57. The Morgan fingerprint density at radius 3 is 2.74 bits per heavy atom. The maximum Gasteiger partial charge on any atom is 0.238 e. The zero-order valence-electron chi connectivity index (χ0n) is 11.4. The van der Waals surface area contributed by atoms with Gasteiger partial charge in [-0.2, -0.15) is 5.26 Å². The number of rotatable bonds is 3. The van der Waals surface area contributed by atoms with Crippen molar-refractivity contribution in [2.75, 3.05) is 6.54 Å². The quantitative estimate of drug-likeness (QED) is 0.894. The van der Waals surface area contributed by atoms with Crippen molar-refractivity contribution in [1.29, 1.82) is 5.26 Å². The molecule has 0 spiro atoms. The molecule has 1 aliphatic rings. The molecule has 1 fully saturated rings. The lowest BCUT2D eigenvalue weighted by atomic mass is 10.0. The Balaban J connectivity index is 2.16. The number of hydrogen-bond donors (Lipinski definition) is 1. The summed E-state index contributed by atoms with van der Waals surface area (Å²) in [7, 11) is 0. The third-order valence-corrected chi connectivity index (χ3v) is 3.61. The van der Waals surface area contributed by atoms with E-state index in [1.54, 1.807) is 0 Å². The van der Waals surface area contributed by atoms with Crippen LogP contribution in [0.15, 0.2) is 24.3 Å². The van der Waals surface area contributed by atoms with Gasteiger partial charge in [0, 0.05) is 19.1 Å². The van der Waals surface area contributed by atoms with E-state index >= 15 is 0 Å². The average molecular weight is 257 g/mol. The van der Waals surface area contributed by atoms with Gasteiger partial charge in [0.05, 0.1) is 12.5 Å². The molecule has 0 radical (unpaired) electrons. The van der Waals surface area contributed by atoms with Gasteiger partial charge in [-0.05, 0) is 19.4 Å².